The zero-order chi connectivity index (χ0) is 30.8. The minimum Gasteiger partial charge on any atom is -0.334 e. The van der Waals surface area contributed by atoms with Crippen LogP contribution in [0.15, 0.2) is 151 Å². The molecule has 0 amide bonds. The Balaban J connectivity index is 1.36. The van der Waals surface area contributed by atoms with Crippen molar-refractivity contribution in [3.05, 3.63) is 157 Å². The van der Waals surface area contributed by atoms with Crippen LogP contribution in [0.1, 0.15) is 17.2 Å². The van der Waals surface area contributed by atoms with E-state index < -0.39 is 0 Å². The third-order valence-electron chi connectivity index (χ3n) is 10.5. The van der Waals surface area contributed by atoms with Gasteiger partial charge in [0.1, 0.15) is 0 Å². The molecule has 3 aromatic heterocycles. The molecule has 0 bridgehead atoms. The zero-order valence-electron chi connectivity index (χ0n) is 25.7. The number of benzene rings is 7. The third kappa shape index (κ3) is 3.14. The summed E-state index contributed by atoms with van der Waals surface area (Å²) in [6.45, 7) is 0. The van der Waals surface area contributed by atoms with Gasteiger partial charge in [0.05, 0.1) is 39.3 Å². The molecule has 11 rings (SSSR count). The molecule has 0 saturated carbocycles. The van der Waals surface area contributed by atoms with Crippen molar-refractivity contribution in [1.29, 1.82) is 0 Å². The second-order valence-corrected chi connectivity index (χ2v) is 12.8. The first-order valence-corrected chi connectivity index (χ1v) is 16.3. The number of hydrogen-bond acceptors (Lipinski definition) is 2. The van der Waals surface area contributed by atoms with E-state index in [2.05, 4.69) is 167 Å². The van der Waals surface area contributed by atoms with E-state index in [1.54, 1.807) is 0 Å². The Morgan fingerprint density at radius 1 is 0.489 bits per heavy atom. The SMILES string of the molecule is CN1C(n2c3ccccc3c3ccc4ccc5c6cccc7c8ccccc8n(c76)c5c4c32)=Nc2ccccc2C1c1ccccc1. The Morgan fingerprint density at radius 3 is 1.89 bits per heavy atom. The maximum atomic E-state index is 5.46. The molecule has 47 heavy (non-hydrogen) atoms. The minimum absolute atomic E-state index is 0.0223. The fraction of sp³-hybridized carbons (Fsp3) is 0.0465. The number of hydrogen-bond donors (Lipinski definition) is 0. The van der Waals surface area contributed by atoms with Gasteiger partial charge in [0.2, 0.25) is 5.96 Å². The van der Waals surface area contributed by atoms with Gasteiger partial charge in [-0.15, -0.1) is 0 Å². The van der Waals surface area contributed by atoms with Crippen molar-refractivity contribution in [3.8, 4) is 0 Å². The van der Waals surface area contributed by atoms with Crippen molar-refractivity contribution in [2.24, 2.45) is 4.99 Å². The number of rotatable bonds is 1. The summed E-state index contributed by atoms with van der Waals surface area (Å²) < 4.78 is 4.96. The number of para-hydroxylation sites is 4. The lowest BCUT2D eigenvalue weighted by Gasteiger charge is -2.36. The number of aromatic nitrogens is 2. The molecule has 1 unspecified atom stereocenters. The summed E-state index contributed by atoms with van der Waals surface area (Å²) in [7, 11) is 2.20. The summed E-state index contributed by atoms with van der Waals surface area (Å²) in [4.78, 5) is 7.83. The molecule has 0 fully saturated rings. The van der Waals surface area contributed by atoms with E-state index in [-0.39, 0.29) is 6.04 Å². The molecular formula is C43H28N4. The summed E-state index contributed by atoms with van der Waals surface area (Å²) in [6.07, 6.45) is 0. The lowest BCUT2D eigenvalue weighted by atomic mass is 9.95. The van der Waals surface area contributed by atoms with Crippen LogP contribution < -0.4 is 0 Å². The summed E-state index contributed by atoms with van der Waals surface area (Å²) in [5.74, 6) is 0.923. The maximum absolute atomic E-state index is 5.46. The van der Waals surface area contributed by atoms with E-state index in [1.807, 2.05) is 0 Å². The lowest BCUT2D eigenvalue weighted by molar-refractivity contribution is 0.410. The molecule has 220 valence electrons. The van der Waals surface area contributed by atoms with Gasteiger partial charge in [-0.25, -0.2) is 4.99 Å². The summed E-state index contributed by atoms with van der Waals surface area (Å²) >= 11 is 0. The number of fused-ring (bicyclic) bond motifs is 13. The van der Waals surface area contributed by atoms with Crippen LogP contribution in [-0.2, 0) is 0 Å². The second-order valence-electron chi connectivity index (χ2n) is 12.8. The number of aliphatic imine (C=N–C) groups is 1. The first-order chi connectivity index (χ1) is 23.3. The molecule has 0 radical (unpaired) electrons. The lowest BCUT2D eigenvalue weighted by Crippen LogP contribution is -2.38. The average molecular weight is 601 g/mol. The fourth-order valence-electron chi connectivity index (χ4n) is 8.55. The van der Waals surface area contributed by atoms with E-state index in [1.165, 1.54) is 76.3 Å². The second kappa shape index (κ2) is 8.99. The van der Waals surface area contributed by atoms with Crippen LogP contribution >= 0.6 is 0 Å². The topological polar surface area (TPSA) is 24.9 Å². The Hall–Kier alpha value is -6.13. The Kier molecular flexibility index (Phi) is 4.80. The maximum Gasteiger partial charge on any atom is 0.211 e. The Bertz CT molecular complexity index is 2920. The molecule has 0 aliphatic carbocycles. The van der Waals surface area contributed by atoms with Crippen LogP contribution in [0.3, 0.4) is 0 Å². The monoisotopic (exact) mass is 600 g/mol. The number of nitrogens with zero attached hydrogens (tertiary/aromatic N) is 4. The smallest absolute Gasteiger partial charge is 0.211 e. The van der Waals surface area contributed by atoms with Crippen LogP contribution in [0.2, 0.25) is 0 Å². The van der Waals surface area contributed by atoms with E-state index >= 15 is 0 Å². The van der Waals surface area contributed by atoms with Gasteiger partial charge >= 0.3 is 0 Å². The van der Waals surface area contributed by atoms with Crippen molar-refractivity contribution >= 4 is 82.3 Å². The van der Waals surface area contributed by atoms with Gasteiger partial charge in [-0.3, -0.25) is 4.57 Å². The fourth-order valence-corrected chi connectivity index (χ4v) is 8.55. The molecule has 0 saturated heterocycles. The van der Waals surface area contributed by atoms with Gasteiger partial charge in [0.25, 0.3) is 0 Å². The Labute approximate surface area is 270 Å². The van der Waals surface area contributed by atoms with Crippen molar-refractivity contribution in [2.45, 2.75) is 6.04 Å². The van der Waals surface area contributed by atoms with Crippen molar-refractivity contribution < 1.29 is 0 Å². The largest absolute Gasteiger partial charge is 0.334 e. The molecule has 0 N–H and O–H groups in total. The zero-order valence-corrected chi connectivity index (χ0v) is 25.7. The highest BCUT2D eigenvalue weighted by Gasteiger charge is 2.32. The van der Waals surface area contributed by atoms with Gasteiger partial charge in [0.15, 0.2) is 0 Å². The highest BCUT2D eigenvalue weighted by Crippen LogP contribution is 2.46. The molecule has 1 aliphatic rings. The predicted octanol–water partition coefficient (Wildman–Crippen LogP) is 10.7. The van der Waals surface area contributed by atoms with Gasteiger partial charge in [-0.05, 0) is 29.1 Å². The first kappa shape index (κ1) is 25.1. The van der Waals surface area contributed by atoms with Crippen molar-refractivity contribution in [3.63, 3.8) is 0 Å². The average Bonchev–Trinajstić information content (AvgIpc) is 3.77. The van der Waals surface area contributed by atoms with Crippen molar-refractivity contribution in [1.82, 2.24) is 13.9 Å². The van der Waals surface area contributed by atoms with Crippen LogP contribution in [0.5, 0.6) is 0 Å². The quantitative estimate of drug-likeness (QED) is 0.184. The molecule has 4 nitrogen and oxygen atoms in total. The Morgan fingerprint density at radius 2 is 1.09 bits per heavy atom. The molecule has 10 aromatic rings. The normalized spacial score (nSPS) is 15.2. The molecule has 4 heteroatoms. The van der Waals surface area contributed by atoms with Gasteiger partial charge in [0, 0.05) is 50.3 Å². The predicted molar refractivity (Wildman–Crippen MR) is 197 cm³/mol. The van der Waals surface area contributed by atoms with Crippen LogP contribution in [0.4, 0.5) is 5.69 Å². The van der Waals surface area contributed by atoms with Gasteiger partial charge in [-0.1, -0.05) is 127 Å². The van der Waals surface area contributed by atoms with E-state index in [4.69, 9.17) is 4.99 Å². The third-order valence-corrected chi connectivity index (χ3v) is 10.5. The molecule has 7 aromatic carbocycles. The van der Waals surface area contributed by atoms with Gasteiger partial charge in [-0.2, -0.15) is 0 Å². The van der Waals surface area contributed by atoms with E-state index in [0.29, 0.717) is 0 Å². The van der Waals surface area contributed by atoms with Crippen molar-refractivity contribution in [2.75, 3.05) is 7.05 Å². The molecule has 1 aliphatic heterocycles. The standard InChI is InChI=1S/C43H28N4/c1-45-39(27-12-3-2-4-13-27)34-16-5-8-19-35(34)44-43(45)47-37-21-10-7-15-29(37)32-24-22-26-23-25-33-31-18-11-17-30-28-14-6-9-20-36(28)46(40(30)31)41(33)38(26)42(32)47/h2-25,39H,1H3. The summed E-state index contributed by atoms with van der Waals surface area (Å²) in [5.41, 5.74) is 9.61. The van der Waals surface area contributed by atoms with E-state index in [0.717, 1.165) is 17.2 Å². The van der Waals surface area contributed by atoms with E-state index in [9.17, 15) is 0 Å². The molecule has 4 heterocycles. The minimum atomic E-state index is 0.0223. The van der Waals surface area contributed by atoms with Crippen LogP contribution in [-0.4, -0.2) is 26.9 Å². The molecule has 0 spiro atoms. The summed E-state index contributed by atoms with van der Waals surface area (Å²) in [5, 5.41) is 10.1. The van der Waals surface area contributed by atoms with Crippen LogP contribution in [0, 0.1) is 0 Å². The molecular weight excluding hydrogens is 573 g/mol. The highest BCUT2D eigenvalue weighted by molar-refractivity contribution is 6.32. The molecule has 1 atom stereocenters. The highest BCUT2D eigenvalue weighted by atomic mass is 15.3. The van der Waals surface area contributed by atoms with Gasteiger partial charge < -0.3 is 9.30 Å². The summed E-state index contributed by atoms with van der Waals surface area (Å²) in [6, 6.07) is 53.1. The van der Waals surface area contributed by atoms with Crippen LogP contribution in [0.25, 0.3) is 70.7 Å². The first-order valence-electron chi connectivity index (χ1n) is 16.3.